The van der Waals surface area contributed by atoms with Gasteiger partial charge in [-0.2, -0.15) is 0 Å². The largest absolute Gasteiger partial charge is 0.491 e. The van der Waals surface area contributed by atoms with Crippen LogP contribution in [0.25, 0.3) is 10.8 Å². The summed E-state index contributed by atoms with van der Waals surface area (Å²) in [5.41, 5.74) is 5.36. The number of fused-ring (bicyclic) bond motifs is 1. The van der Waals surface area contributed by atoms with Gasteiger partial charge in [-0.15, -0.1) is 0 Å². The highest BCUT2D eigenvalue weighted by Crippen LogP contribution is 2.24. The molecular formula is C16H20N2O2. The molecule has 0 radical (unpaired) electrons. The number of ether oxygens (including phenoxy) is 1. The second-order valence-corrected chi connectivity index (χ2v) is 4.57. The molecule has 3 N–H and O–H groups in total. The van der Waals surface area contributed by atoms with Crippen molar-refractivity contribution in [2.45, 2.75) is 12.8 Å². The lowest BCUT2D eigenvalue weighted by molar-refractivity contribution is -0.121. The van der Waals surface area contributed by atoms with Gasteiger partial charge in [-0.25, -0.2) is 0 Å². The second kappa shape index (κ2) is 7.50. The van der Waals surface area contributed by atoms with Crippen LogP contribution in [0.4, 0.5) is 0 Å². The number of hydrogen-bond acceptors (Lipinski definition) is 3. The van der Waals surface area contributed by atoms with Crippen LogP contribution in [0.2, 0.25) is 0 Å². The molecule has 0 saturated carbocycles. The van der Waals surface area contributed by atoms with Crippen molar-refractivity contribution in [3.05, 3.63) is 42.5 Å². The molecule has 0 heterocycles. The molecule has 2 aromatic carbocycles. The molecule has 0 fully saturated rings. The van der Waals surface area contributed by atoms with E-state index in [0.717, 1.165) is 22.9 Å². The Hall–Kier alpha value is -2.07. The van der Waals surface area contributed by atoms with E-state index in [1.54, 1.807) is 0 Å². The van der Waals surface area contributed by atoms with E-state index >= 15 is 0 Å². The number of rotatable bonds is 7. The summed E-state index contributed by atoms with van der Waals surface area (Å²) in [5.74, 6) is 0.872. The molecule has 0 aliphatic carbocycles. The van der Waals surface area contributed by atoms with Crippen LogP contribution >= 0.6 is 0 Å². The summed E-state index contributed by atoms with van der Waals surface area (Å²) >= 11 is 0. The van der Waals surface area contributed by atoms with Crippen LogP contribution in [0, 0.1) is 0 Å². The number of benzene rings is 2. The number of carbonyl (C=O) groups is 1. The third-order valence-corrected chi connectivity index (χ3v) is 3.04. The fraction of sp³-hybridized carbons (Fsp3) is 0.312. The molecule has 0 unspecified atom stereocenters. The van der Waals surface area contributed by atoms with E-state index in [9.17, 15) is 4.79 Å². The third-order valence-electron chi connectivity index (χ3n) is 3.04. The van der Waals surface area contributed by atoms with Crippen molar-refractivity contribution in [1.82, 2.24) is 5.32 Å². The highest BCUT2D eigenvalue weighted by atomic mass is 16.5. The molecule has 0 saturated heterocycles. The molecule has 2 aromatic rings. The van der Waals surface area contributed by atoms with E-state index in [4.69, 9.17) is 10.5 Å². The molecule has 0 bridgehead atoms. The maximum atomic E-state index is 11.4. The van der Waals surface area contributed by atoms with Crippen molar-refractivity contribution in [1.29, 1.82) is 0 Å². The van der Waals surface area contributed by atoms with E-state index in [-0.39, 0.29) is 5.91 Å². The van der Waals surface area contributed by atoms with Crippen LogP contribution in [0.1, 0.15) is 12.8 Å². The fourth-order valence-corrected chi connectivity index (χ4v) is 2.02. The van der Waals surface area contributed by atoms with Gasteiger partial charge in [-0.3, -0.25) is 4.79 Å². The van der Waals surface area contributed by atoms with Crippen molar-refractivity contribution >= 4 is 16.7 Å². The Kier molecular flexibility index (Phi) is 5.38. The Morgan fingerprint density at radius 2 is 1.95 bits per heavy atom. The first-order chi connectivity index (χ1) is 9.81. The molecule has 1 amide bonds. The number of amides is 1. The Balaban J connectivity index is 1.83. The predicted molar refractivity (Wildman–Crippen MR) is 80.7 cm³/mol. The standard InChI is InChI=1S/C16H20N2O2/c17-10-4-9-16(19)18-11-12-20-15-8-3-6-13-5-1-2-7-14(13)15/h1-3,5-8H,4,9-12,17H2,(H,18,19). The molecule has 4 nitrogen and oxygen atoms in total. The summed E-state index contributed by atoms with van der Waals surface area (Å²) in [6.45, 7) is 1.51. The Labute approximate surface area is 118 Å². The monoisotopic (exact) mass is 272 g/mol. The van der Waals surface area contributed by atoms with Crippen LogP contribution in [-0.2, 0) is 4.79 Å². The van der Waals surface area contributed by atoms with Crippen molar-refractivity contribution in [2.24, 2.45) is 5.73 Å². The van der Waals surface area contributed by atoms with Gasteiger partial charge in [0.25, 0.3) is 0 Å². The van der Waals surface area contributed by atoms with Crippen LogP contribution in [-0.4, -0.2) is 25.6 Å². The van der Waals surface area contributed by atoms with Gasteiger partial charge in [-0.05, 0) is 24.4 Å². The van der Waals surface area contributed by atoms with Crippen LogP contribution in [0.5, 0.6) is 5.75 Å². The van der Waals surface area contributed by atoms with E-state index < -0.39 is 0 Å². The molecule has 2 rings (SSSR count). The maximum absolute atomic E-state index is 11.4. The van der Waals surface area contributed by atoms with Gasteiger partial charge in [0.05, 0.1) is 6.54 Å². The molecule has 20 heavy (non-hydrogen) atoms. The normalized spacial score (nSPS) is 10.4. The van der Waals surface area contributed by atoms with Crippen molar-refractivity contribution in [3.63, 3.8) is 0 Å². The minimum atomic E-state index is 0.0250. The maximum Gasteiger partial charge on any atom is 0.220 e. The Morgan fingerprint density at radius 3 is 2.80 bits per heavy atom. The van der Waals surface area contributed by atoms with E-state index in [1.165, 1.54) is 0 Å². The van der Waals surface area contributed by atoms with Gasteiger partial charge in [0.1, 0.15) is 12.4 Å². The SMILES string of the molecule is NCCCC(=O)NCCOc1cccc2ccccc12. The number of nitrogens with two attached hydrogens (primary N) is 1. The summed E-state index contributed by atoms with van der Waals surface area (Å²) in [4.78, 5) is 11.4. The zero-order valence-corrected chi connectivity index (χ0v) is 11.5. The zero-order chi connectivity index (χ0) is 14.2. The second-order valence-electron chi connectivity index (χ2n) is 4.57. The molecule has 4 heteroatoms. The van der Waals surface area contributed by atoms with Gasteiger partial charge >= 0.3 is 0 Å². The first-order valence-electron chi connectivity index (χ1n) is 6.88. The lowest BCUT2D eigenvalue weighted by Crippen LogP contribution is -2.28. The van der Waals surface area contributed by atoms with Crippen LogP contribution < -0.4 is 15.8 Å². The number of nitrogens with one attached hydrogen (secondary N) is 1. The quantitative estimate of drug-likeness (QED) is 0.758. The van der Waals surface area contributed by atoms with Gasteiger partial charge in [0, 0.05) is 11.8 Å². The van der Waals surface area contributed by atoms with Crippen molar-refractivity contribution in [3.8, 4) is 5.75 Å². The minimum absolute atomic E-state index is 0.0250. The molecule has 106 valence electrons. The van der Waals surface area contributed by atoms with Crippen LogP contribution in [0.15, 0.2) is 42.5 Å². The van der Waals surface area contributed by atoms with E-state index in [2.05, 4.69) is 17.4 Å². The first kappa shape index (κ1) is 14.3. The average molecular weight is 272 g/mol. The number of carbonyl (C=O) groups excluding carboxylic acids is 1. The lowest BCUT2D eigenvalue weighted by Gasteiger charge is -2.10. The minimum Gasteiger partial charge on any atom is -0.491 e. The Morgan fingerprint density at radius 1 is 1.15 bits per heavy atom. The molecular weight excluding hydrogens is 252 g/mol. The van der Waals surface area contributed by atoms with E-state index in [0.29, 0.717) is 26.1 Å². The zero-order valence-electron chi connectivity index (χ0n) is 11.5. The third kappa shape index (κ3) is 3.96. The van der Waals surface area contributed by atoms with Gasteiger partial charge in [0.2, 0.25) is 5.91 Å². The fourth-order valence-electron chi connectivity index (χ4n) is 2.02. The molecule has 0 atom stereocenters. The summed E-state index contributed by atoms with van der Waals surface area (Å²) in [6, 6.07) is 14.0. The molecule has 0 aliphatic rings. The summed E-state index contributed by atoms with van der Waals surface area (Å²) in [6.07, 6.45) is 1.20. The molecule has 0 aromatic heterocycles. The highest BCUT2D eigenvalue weighted by molar-refractivity contribution is 5.88. The van der Waals surface area contributed by atoms with Gasteiger partial charge in [-0.1, -0.05) is 36.4 Å². The summed E-state index contributed by atoms with van der Waals surface area (Å²) in [7, 11) is 0. The van der Waals surface area contributed by atoms with Crippen molar-refractivity contribution < 1.29 is 9.53 Å². The smallest absolute Gasteiger partial charge is 0.220 e. The number of hydrogen-bond donors (Lipinski definition) is 2. The highest BCUT2D eigenvalue weighted by Gasteiger charge is 2.02. The van der Waals surface area contributed by atoms with Gasteiger partial charge < -0.3 is 15.8 Å². The topological polar surface area (TPSA) is 64.4 Å². The van der Waals surface area contributed by atoms with E-state index in [1.807, 2.05) is 30.3 Å². The van der Waals surface area contributed by atoms with Crippen LogP contribution in [0.3, 0.4) is 0 Å². The Bertz CT molecular complexity index is 564. The lowest BCUT2D eigenvalue weighted by atomic mass is 10.1. The summed E-state index contributed by atoms with van der Waals surface area (Å²) in [5, 5.41) is 5.05. The summed E-state index contributed by atoms with van der Waals surface area (Å²) < 4.78 is 5.73. The van der Waals surface area contributed by atoms with Crippen molar-refractivity contribution in [2.75, 3.05) is 19.7 Å². The first-order valence-corrected chi connectivity index (χ1v) is 6.88. The van der Waals surface area contributed by atoms with Gasteiger partial charge in [0.15, 0.2) is 0 Å². The molecule has 0 spiro atoms. The average Bonchev–Trinajstić information content (AvgIpc) is 2.49. The predicted octanol–water partition coefficient (Wildman–Crippen LogP) is 2.07. The molecule has 0 aliphatic heterocycles.